The van der Waals surface area contributed by atoms with E-state index in [-0.39, 0.29) is 12.3 Å². The molecule has 23 heavy (non-hydrogen) atoms. The van der Waals surface area contributed by atoms with Crippen LogP contribution in [0.2, 0.25) is 0 Å². The quantitative estimate of drug-likeness (QED) is 0.682. The fourth-order valence-corrected chi connectivity index (χ4v) is 3.20. The molecule has 2 aliphatic rings. The molecule has 1 aromatic rings. The van der Waals surface area contributed by atoms with Crippen molar-refractivity contribution in [2.75, 3.05) is 13.1 Å². The lowest BCUT2D eigenvalue weighted by Gasteiger charge is -2.43. The Morgan fingerprint density at radius 2 is 2.04 bits per heavy atom. The molecule has 0 bridgehead atoms. The number of hydrogen-bond acceptors (Lipinski definition) is 4. The molecule has 3 rings (SSSR count). The van der Waals surface area contributed by atoms with Crippen molar-refractivity contribution in [1.82, 2.24) is 10.2 Å². The molecule has 0 saturated heterocycles. The van der Waals surface area contributed by atoms with Crippen molar-refractivity contribution in [3.8, 4) is 5.75 Å². The molecule has 0 spiro atoms. The molecule has 2 fully saturated rings. The van der Waals surface area contributed by atoms with Gasteiger partial charge >= 0.3 is 5.97 Å². The van der Waals surface area contributed by atoms with Crippen LogP contribution in [0.25, 0.3) is 0 Å². The Morgan fingerprint density at radius 1 is 1.30 bits per heavy atom. The van der Waals surface area contributed by atoms with Crippen LogP contribution in [0.5, 0.6) is 5.75 Å². The zero-order valence-corrected chi connectivity index (χ0v) is 13.0. The number of aromatic hydroxyl groups is 1. The van der Waals surface area contributed by atoms with E-state index in [0.29, 0.717) is 30.1 Å². The summed E-state index contributed by atoms with van der Waals surface area (Å²) in [4.78, 5) is 13.1. The summed E-state index contributed by atoms with van der Waals surface area (Å²) in [6.45, 7) is 1.51. The smallest absolute Gasteiger partial charge is 0.317 e. The molecule has 0 atom stereocenters. The fraction of sp³-hybridized carbons (Fsp3) is 0.588. The molecule has 126 valence electrons. The van der Waals surface area contributed by atoms with E-state index in [4.69, 9.17) is 5.11 Å². The van der Waals surface area contributed by atoms with Gasteiger partial charge in [-0.05, 0) is 49.3 Å². The molecule has 0 amide bonds. The average molecular weight is 322 g/mol. The number of rotatable bonds is 8. The summed E-state index contributed by atoms with van der Waals surface area (Å²) in [7, 11) is 0. The van der Waals surface area contributed by atoms with Crippen LogP contribution < -0.4 is 5.32 Å². The van der Waals surface area contributed by atoms with Crippen LogP contribution in [-0.4, -0.2) is 46.3 Å². The van der Waals surface area contributed by atoms with E-state index in [2.05, 4.69) is 10.2 Å². The molecular formula is C17H23FN2O3. The Labute approximate surface area is 135 Å². The van der Waals surface area contributed by atoms with Crippen LogP contribution in [0.4, 0.5) is 4.39 Å². The fourth-order valence-electron chi connectivity index (χ4n) is 3.20. The summed E-state index contributed by atoms with van der Waals surface area (Å²) < 4.78 is 13.2. The van der Waals surface area contributed by atoms with Gasteiger partial charge in [0.25, 0.3) is 0 Å². The zero-order chi connectivity index (χ0) is 16.4. The van der Waals surface area contributed by atoms with Crippen molar-refractivity contribution in [2.45, 2.75) is 44.3 Å². The normalized spacial score (nSPS) is 23.7. The SMILES string of the molecule is O=C(O)CN(CC1CC1)C1CC(NCc2cc(O)cc(F)c2)C1. The molecule has 6 heteroatoms. The van der Waals surface area contributed by atoms with Crippen LogP contribution >= 0.6 is 0 Å². The van der Waals surface area contributed by atoms with Crippen molar-refractivity contribution in [3.05, 3.63) is 29.6 Å². The maximum atomic E-state index is 13.2. The standard InChI is InChI=1S/C17H23FN2O3/c18-13-3-12(4-16(21)5-13)8-19-14-6-15(7-14)20(10-17(22)23)9-11-1-2-11/h3-5,11,14-15,19,21H,1-2,6-10H2,(H,22,23). The second kappa shape index (κ2) is 6.84. The van der Waals surface area contributed by atoms with E-state index in [9.17, 15) is 14.3 Å². The first kappa shape index (κ1) is 16.2. The Balaban J connectivity index is 1.44. The van der Waals surface area contributed by atoms with E-state index in [1.807, 2.05) is 0 Å². The van der Waals surface area contributed by atoms with Gasteiger partial charge in [0.1, 0.15) is 11.6 Å². The van der Waals surface area contributed by atoms with Crippen molar-refractivity contribution in [2.24, 2.45) is 5.92 Å². The van der Waals surface area contributed by atoms with Crippen molar-refractivity contribution < 1.29 is 19.4 Å². The number of carbonyl (C=O) groups is 1. The summed E-state index contributed by atoms with van der Waals surface area (Å²) in [5.74, 6) is -0.593. The highest BCUT2D eigenvalue weighted by atomic mass is 19.1. The maximum Gasteiger partial charge on any atom is 0.317 e. The summed E-state index contributed by atoms with van der Waals surface area (Å²) in [5.41, 5.74) is 0.714. The van der Waals surface area contributed by atoms with Crippen LogP contribution in [-0.2, 0) is 11.3 Å². The molecule has 0 aromatic heterocycles. The maximum absolute atomic E-state index is 13.2. The van der Waals surface area contributed by atoms with Gasteiger partial charge in [-0.1, -0.05) is 0 Å². The number of hydrogen-bond donors (Lipinski definition) is 3. The number of carboxylic acid groups (broad SMARTS) is 1. The highest BCUT2D eigenvalue weighted by Crippen LogP contribution is 2.33. The number of phenols is 1. The number of aliphatic carboxylic acids is 1. The third-order valence-corrected chi connectivity index (χ3v) is 4.69. The van der Waals surface area contributed by atoms with Gasteiger partial charge in [0.2, 0.25) is 0 Å². The lowest BCUT2D eigenvalue weighted by Crippen LogP contribution is -2.54. The molecule has 2 saturated carbocycles. The monoisotopic (exact) mass is 322 g/mol. The number of halogens is 1. The summed E-state index contributed by atoms with van der Waals surface area (Å²) in [6.07, 6.45) is 4.27. The second-order valence-corrected chi connectivity index (χ2v) is 6.79. The zero-order valence-electron chi connectivity index (χ0n) is 13.0. The Kier molecular flexibility index (Phi) is 4.82. The first-order valence-electron chi connectivity index (χ1n) is 8.17. The highest BCUT2D eigenvalue weighted by Gasteiger charge is 2.36. The Morgan fingerprint density at radius 3 is 2.65 bits per heavy atom. The minimum Gasteiger partial charge on any atom is -0.508 e. The van der Waals surface area contributed by atoms with E-state index >= 15 is 0 Å². The predicted molar refractivity (Wildman–Crippen MR) is 83.6 cm³/mol. The minimum absolute atomic E-state index is 0.0645. The van der Waals surface area contributed by atoms with Crippen molar-refractivity contribution in [3.63, 3.8) is 0 Å². The highest BCUT2D eigenvalue weighted by molar-refractivity contribution is 5.69. The number of carboxylic acids is 1. The molecule has 0 unspecified atom stereocenters. The minimum atomic E-state index is -0.766. The van der Waals surface area contributed by atoms with Gasteiger partial charge in [0.05, 0.1) is 6.54 Å². The lowest BCUT2D eigenvalue weighted by atomic mass is 9.85. The van der Waals surface area contributed by atoms with Gasteiger partial charge in [-0.15, -0.1) is 0 Å². The predicted octanol–water partition coefficient (Wildman–Crippen LogP) is 1.95. The third kappa shape index (κ3) is 4.65. The second-order valence-electron chi connectivity index (χ2n) is 6.79. The Hall–Kier alpha value is -1.66. The largest absolute Gasteiger partial charge is 0.508 e. The number of benzene rings is 1. The van der Waals surface area contributed by atoms with Crippen molar-refractivity contribution in [1.29, 1.82) is 0 Å². The molecule has 5 nitrogen and oxygen atoms in total. The van der Waals surface area contributed by atoms with E-state index in [1.165, 1.54) is 18.9 Å². The molecule has 0 aliphatic heterocycles. The van der Waals surface area contributed by atoms with Crippen LogP contribution in [0.15, 0.2) is 18.2 Å². The van der Waals surface area contributed by atoms with Crippen LogP contribution in [0.3, 0.4) is 0 Å². The van der Waals surface area contributed by atoms with Gasteiger partial charge < -0.3 is 15.5 Å². The number of nitrogens with zero attached hydrogens (tertiary/aromatic N) is 1. The summed E-state index contributed by atoms with van der Waals surface area (Å²) in [6, 6.07) is 4.69. The van der Waals surface area contributed by atoms with E-state index in [0.717, 1.165) is 25.5 Å². The van der Waals surface area contributed by atoms with Crippen LogP contribution in [0, 0.1) is 11.7 Å². The topological polar surface area (TPSA) is 72.8 Å². The first-order valence-corrected chi connectivity index (χ1v) is 8.17. The average Bonchev–Trinajstić information content (AvgIpc) is 3.18. The van der Waals surface area contributed by atoms with Gasteiger partial charge in [-0.25, -0.2) is 4.39 Å². The van der Waals surface area contributed by atoms with Gasteiger partial charge in [-0.2, -0.15) is 0 Å². The summed E-state index contributed by atoms with van der Waals surface area (Å²) in [5, 5.41) is 21.8. The van der Waals surface area contributed by atoms with Crippen LogP contribution in [0.1, 0.15) is 31.2 Å². The van der Waals surface area contributed by atoms with Crippen molar-refractivity contribution >= 4 is 5.97 Å². The number of phenolic OH excluding ortho intramolecular Hbond substituents is 1. The molecule has 0 heterocycles. The molecule has 2 aliphatic carbocycles. The number of nitrogens with one attached hydrogen (secondary N) is 1. The molecule has 0 radical (unpaired) electrons. The van der Waals surface area contributed by atoms with Gasteiger partial charge in [0.15, 0.2) is 0 Å². The first-order chi connectivity index (χ1) is 11.0. The third-order valence-electron chi connectivity index (χ3n) is 4.69. The van der Waals surface area contributed by atoms with Gasteiger partial charge in [-0.3, -0.25) is 9.69 Å². The molecule has 3 N–H and O–H groups in total. The Bertz CT molecular complexity index is 551. The molecule has 1 aromatic carbocycles. The summed E-state index contributed by atoms with van der Waals surface area (Å²) >= 11 is 0. The van der Waals surface area contributed by atoms with E-state index in [1.54, 1.807) is 6.07 Å². The van der Waals surface area contributed by atoms with E-state index < -0.39 is 11.8 Å². The molecular weight excluding hydrogens is 299 g/mol. The van der Waals surface area contributed by atoms with Gasteiger partial charge in [0, 0.05) is 31.2 Å². The lowest BCUT2D eigenvalue weighted by molar-refractivity contribution is -0.139.